The first-order chi connectivity index (χ1) is 12.9. The average molecular weight is 363 g/mol. The van der Waals surface area contributed by atoms with Crippen molar-refractivity contribution < 1.29 is 9.59 Å². The summed E-state index contributed by atoms with van der Waals surface area (Å²) >= 11 is 0. The number of nitrogens with one attached hydrogen (secondary N) is 2. The molecule has 3 rings (SSSR count). The predicted octanol–water partition coefficient (Wildman–Crippen LogP) is 3.93. The Labute approximate surface area is 159 Å². The van der Waals surface area contributed by atoms with Crippen LogP contribution < -0.4 is 5.32 Å². The molecule has 0 aliphatic rings. The van der Waals surface area contributed by atoms with Crippen LogP contribution in [-0.2, 0) is 4.79 Å². The number of H-pyrrole nitrogens is 1. The Kier molecular flexibility index (Phi) is 5.42. The van der Waals surface area contributed by atoms with Gasteiger partial charge in [-0.05, 0) is 45.0 Å². The number of ketones is 1. The van der Waals surface area contributed by atoms with Crippen LogP contribution in [0.15, 0.2) is 48.7 Å². The third-order valence-electron chi connectivity index (χ3n) is 5.03. The van der Waals surface area contributed by atoms with Crippen LogP contribution in [0.3, 0.4) is 0 Å². The largest absolute Gasteiger partial charge is 0.360 e. The van der Waals surface area contributed by atoms with E-state index in [1.54, 1.807) is 18.1 Å². The van der Waals surface area contributed by atoms with Crippen LogP contribution in [0.4, 0.5) is 5.69 Å². The number of rotatable bonds is 6. The maximum Gasteiger partial charge on any atom is 0.238 e. The summed E-state index contributed by atoms with van der Waals surface area (Å²) in [5, 5.41) is 3.87. The van der Waals surface area contributed by atoms with Crippen LogP contribution in [0.5, 0.6) is 0 Å². The molecule has 0 fully saturated rings. The Bertz CT molecular complexity index is 970. The number of Topliss-reactive ketones (excluding diaryl/α,β-unsaturated/α-hetero) is 1. The smallest absolute Gasteiger partial charge is 0.238 e. The SMILES string of the molecule is Cc1cccc(C)c1NC(=O)CN(C)[C@@H](C)C(=O)c1c[nH]c2ccccc12. The van der Waals surface area contributed by atoms with Crippen molar-refractivity contribution in [2.45, 2.75) is 26.8 Å². The molecule has 1 amide bonds. The standard InChI is InChI=1S/C22H25N3O2/c1-14-8-7-9-15(2)21(14)24-20(26)13-25(4)16(3)22(27)18-12-23-19-11-6-5-10-17(18)19/h5-12,16,23H,13H2,1-4H3,(H,24,26)/t16-/m0/s1. The van der Waals surface area contributed by atoms with Gasteiger partial charge in [-0.2, -0.15) is 0 Å². The molecule has 3 aromatic rings. The van der Waals surface area contributed by atoms with E-state index in [1.165, 1.54) is 0 Å². The molecule has 0 aliphatic heterocycles. The van der Waals surface area contributed by atoms with Crippen molar-refractivity contribution >= 4 is 28.3 Å². The maximum atomic E-state index is 12.9. The van der Waals surface area contributed by atoms with Gasteiger partial charge in [-0.15, -0.1) is 0 Å². The molecule has 0 unspecified atom stereocenters. The van der Waals surface area contributed by atoms with Gasteiger partial charge in [-0.25, -0.2) is 0 Å². The molecule has 2 N–H and O–H groups in total. The van der Waals surface area contributed by atoms with Crippen LogP contribution in [0, 0.1) is 13.8 Å². The van der Waals surface area contributed by atoms with Crippen LogP contribution in [-0.4, -0.2) is 41.2 Å². The minimum atomic E-state index is -0.409. The van der Waals surface area contributed by atoms with Gasteiger partial charge < -0.3 is 10.3 Å². The zero-order chi connectivity index (χ0) is 19.6. The predicted molar refractivity (Wildman–Crippen MR) is 109 cm³/mol. The molecule has 140 valence electrons. The van der Waals surface area contributed by atoms with E-state index < -0.39 is 6.04 Å². The lowest BCUT2D eigenvalue weighted by Crippen LogP contribution is -2.41. The van der Waals surface area contributed by atoms with Crippen molar-refractivity contribution in [1.82, 2.24) is 9.88 Å². The lowest BCUT2D eigenvalue weighted by Gasteiger charge is -2.23. The van der Waals surface area contributed by atoms with E-state index in [0.29, 0.717) is 5.56 Å². The number of para-hydroxylation sites is 2. The van der Waals surface area contributed by atoms with Gasteiger partial charge in [-0.3, -0.25) is 14.5 Å². The van der Waals surface area contributed by atoms with E-state index in [2.05, 4.69) is 10.3 Å². The van der Waals surface area contributed by atoms with Gasteiger partial charge in [0.2, 0.25) is 5.91 Å². The Hall–Kier alpha value is -2.92. The van der Waals surface area contributed by atoms with Gasteiger partial charge >= 0.3 is 0 Å². The van der Waals surface area contributed by atoms with Gasteiger partial charge in [0.25, 0.3) is 0 Å². The highest BCUT2D eigenvalue weighted by Gasteiger charge is 2.23. The highest BCUT2D eigenvalue weighted by Crippen LogP contribution is 2.21. The molecular formula is C22H25N3O2. The first-order valence-electron chi connectivity index (χ1n) is 9.05. The Morgan fingerprint density at radius 3 is 2.44 bits per heavy atom. The van der Waals surface area contributed by atoms with Gasteiger partial charge in [0.1, 0.15) is 0 Å². The Balaban J connectivity index is 1.69. The van der Waals surface area contributed by atoms with Gasteiger partial charge in [-0.1, -0.05) is 36.4 Å². The van der Waals surface area contributed by atoms with Gasteiger partial charge in [0.05, 0.1) is 12.6 Å². The van der Waals surface area contributed by atoms with Crippen LogP contribution >= 0.6 is 0 Å². The fourth-order valence-corrected chi connectivity index (χ4v) is 3.25. The van der Waals surface area contributed by atoms with E-state index in [-0.39, 0.29) is 18.2 Å². The fraction of sp³-hybridized carbons (Fsp3) is 0.273. The number of aromatic nitrogens is 1. The number of carbonyl (C=O) groups excluding carboxylic acids is 2. The Morgan fingerprint density at radius 2 is 1.74 bits per heavy atom. The van der Waals surface area contributed by atoms with E-state index in [4.69, 9.17) is 0 Å². The second-order valence-electron chi connectivity index (χ2n) is 7.02. The topological polar surface area (TPSA) is 65.2 Å². The molecule has 0 radical (unpaired) electrons. The molecule has 1 atom stereocenters. The molecule has 0 spiro atoms. The van der Waals surface area contributed by atoms with Crippen molar-refractivity contribution in [2.24, 2.45) is 0 Å². The summed E-state index contributed by atoms with van der Waals surface area (Å²) in [7, 11) is 1.79. The monoisotopic (exact) mass is 363 g/mol. The van der Waals surface area contributed by atoms with Gasteiger partial charge in [0, 0.05) is 28.4 Å². The van der Waals surface area contributed by atoms with Crippen LogP contribution in [0.25, 0.3) is 10.9 Å². The maximum absolute atomic E-state index is 12.9. The number of aryl methyl sites for hydroxylation is 2. The zero-order valence-corrected chi connectivity index (χ0v) is 16.2. The van der Waals surface area contributed by atoms with Crippen LogP contribution in [0.2, 0.25) is 0 Å². The minimum absolute atomic E-state index is 0.00479. The number of hydrogen-bond acceptors (Lipinski definition) is 3. The second kappa shape index (κ2) is 7.76. The molecule has 0 saturated carbocycles. The Morgan fingerprint density at radius 1 is 1.07 bits per heavy atom. The molecule has 27 heavy (non-hydrogen) atoms. The van der Waals surface area contributed by atoms with Crippen LogP contribution in [0.1, 0.15) is 28.4 Å². The molecule has 5 nitrogen and oxygen atoms in total. The summed E-state index contributed by atoms with van der Waals surface area (Å²) < 4.78 is 0. The summed E-state index contributed by atoms with van der Waals surface area (Å²) in [5.41, 5.74) is 4.47. The molecule has 0 saturated heterocycles. The molecule has 0 bridgehead atoms. The third kappa shape index (κ3) is 3.93. The van der Waals surface area contributed by atoms with E-state index in [1.807, 2.05) is 63.2 Å². The molecule has 2 aromatic carbocycles. The quantitative estimate of drug-likeness (QED) is 0.652. The number of fused-ring (bicyclic) bond motifs is 1. The number of likely N-dealkylation sites (N-methyl/N-ethyl adjacent to an activating group) is 1. The summed E-state index contributed by atoms with van der Waals surface area (Å²) in [6, 6.07) is 13.2. The summed E-state index contributed by atoms with van der Waals surface area (Å²) in [4.78, 5) is 30.3. The minimum Gasteiger partial charge on any atom is -0.360 e. The summed E-state index contributed by atoms with van der Waals surface area (Å²) in [6.45, 7) is 5.91. The summed E-state index contributed by atoms with van der Waals surface area (Å²) in [5.74, 6) is -0.136. The molecule has 0 aliphatic carbocycles. The van der Waals surface area contributed by atoms with Crippen molar-refractivity contribution in [3.05, 3.63) is 65.4 Å². The number of aromatic amines is 1. The van der Waals surface area contributed by atoms with Gasteiger partial charge in [0.15, 0.2) is 5.78 Å². The zero-order valence-electron chi connectivity index (χ0n) is 16.2. The van der Waals surface area contributed by atoms with E-state index >= 15 is 0 Å². The van der Waals surface area contributed by atoms with E-state index in [0.717, 1.165) is 27.7 Å². The van der Waals surface area contributed by atoms with Crippen molar-refractivity contribution in [3.63, 3.8) is 0 Å². The second-order valence-corrected chi connectivity index (χ2v) is 7.02. The number of benzene rings is 2. The third-order valence-corrected chi connectivity index (χ3v) is 5.03. The fourth-order valence-electron chi connectivity index (χ4n) is 3.25. The first kappa shape index (κ1) is 18.9. The lowest BCUT2D eigenvalue weighted by atomic mass is 10.0. The first-order valence-corrected chi connectivity index (χ1v) is 9.05. The number of carbonyl (C=O) groups is 2. The van der Waals surface area contributed by atoms with Crippen molar-refractivity contribution in [3.8, 4) is 0 Å². The summed E-state index contributed by atoms with van der Waals surface area (Å²) in [6.07, 6.45) is 1.74. The average Bonchev–Trinajstić information content (AvgIpc) is 3.07. The number of hydrogen-bond donors (Lipinski definition) is 2. The highest BCUT2D eigenvalue weighted by molar-refractivity contribution is 6.10. The molecule has 1 heterocycles. The van der Waals surface area contributed by atoms with Crippen molar-refractivity contribution in [2.75, 3.05) is 18.9 Å². The number of nitrogens with zero attached hydrogens (tertiary/aromatic N) is 1. The number of anilines is 1. The molecular weight excluding hydrogens is 338 g/mol. The highest BCUT2D eigenvalue weighted by atomic mass is 16.2. The van der Waals surface area contributed by atoms with Crippen molar-refractivity contribution in [1.29, 1.82) is 0 Å². The van der Waals surface area contributed by atoms with E-state index in [9.17, 15) is 9.59 Å². The lowest BCUT2D eigenvalue weighted by molar-refractivity contribution is -0.117. The normalized spacial score (nSPS) is 12.3. The molecule has 5 heteroatoms. The number of amides is 1. The molecule has 1 aromatic heterocycles.